The molecule has 20 aromatic carbocycles. The molecule has 0 aliphatic carbocycles. The highest BCUT2D eigenvalue weighted by atomic mass is 79.9. The SMILES string of the molecule is Brc1ccc(-c2cc3c4ccccc4n(-c4ccc5sc6ccccc6c5c4)c3c3c2sc2ccccc23)cc1.c1ccc(-c2ccc(N(c3ccc(-c4ccccc4)cc3)c3ccc(-c4cc5c6ccccc6n(-c6ccc7sc8ccccc8c7c6)c5c5c4sc4ccccc45)cc3)cc2)cc1.c1ccc(-c2ccc(Nc3ccc(-c4ccccc4)cc3)cc2)cc1. The number of fused-ring (bicyclic) bond motifs is 20. The zero-order valence-electron chi connectivity index (χ0n) is 69.7. The standard InChI is InChI=1S/C60H38N2S2.C36H20BrNS2.C24H19N/c1-3-13-39(14-4-1)41-23-29-44(30-24-41)61(45-31-25-42(26-32-45)40-15-5-2-6-16-40)46-33-27-43(28-34-46)51-38-53-48-17-7-10-20-54(48)62(59(53)58-50-19-9-12-22-56(50)64-60(51)58)47-35-36-57-52(37-47)49-18-8-11-21-55(49)63-57;37-22-15-13-21(14-16-22)27-20-29-24-7-1-4-10-30(24)38(35(29)34-26-9-3-6-12-32(26)40-36(27)34)23-17-18-33-28(19-23)25-8-2-5-11-31(25)39-33;1-3-7-19(8-4-1)21-11-15-23(16-12-21)25-24-17-13-22(14-18-24)20-9-5-2-6-10-20/h1-38H;1-20H;1-18,25H. The molecule has 608 valence electrons. The van der Waals surface area contributed by atoms with Gasteiger partial charge in [0.1, 0.15) is 0 Å². The molecule has 0 aliphatic heterocycles. The van der Waals surface area contributed by atoms with Crippen molar-refractivity contribution in [2.24, 2.45) is 0 Å². The summed E-state index contributed by atoms with van der Waals surface area (Å²) in [6.45, 7) is 0. The van der Waals surface area contributed by atoms with Crippen LogP contribution in [0.25, 0.3) is 202 Å². The van der Waals surface area contributed by atoms with Crippen LogP contribution in [0.2, 0.25) is 0 Å². The van der Waals surface area contributed by atoms with E-state index in [9.17, 15) is 0 Å². The molecular formula is C120H77BrN4S4. The molecule has 129 heavy (non-hydrogen) atoms. The molecule has 0 bridgehead atoms. The van der Waals surface area contributed by atoms with Crippen molar-refractivity contribution in [1.29, 1.82) is 0 Å². The Labute approximate surface area is 770 Å². The number of hydrogen-bond acceptors (Lipinski definition) is 6. The van der Waals surface area contributed by atoms with E-state index in [1.807, 2.05) is 57.5 Å². The van der Waals surface area contributed by atoms with Crippen LogP contribution in [-0.2, 0) is 0 Å². The van der Waals surface area contributed by atoms with Crippen molar-refractivity contribution in [3.05, 3.63) is 466 Å². The van der Waals surface area contributed by atoms with Gasteiger partial charge < -0.3 is 19.4 Å². The van der Waals surface area contributed by atoms with Crippen molar-refractivity contribution < 1.29 is 0 Å². The first-order chi connectivity index (χ1) is 63.9. The van der Waals surface area contributed by atoms with E-state index in [2.05, 4.69) is 484 Å². The highest BCUT2D eigenvalue weighted by Crippen LogP contribution is 2.52. The lowest BCUT2D eigenvalue weighted by Crippen LogP contribution is -2.09. The van der Waals surface area contributed by atoms with Crippen LogP contribution in [0.3, 0.4) is 0 Å². The average molecular weight is 1780 g/mol. The number of nitrogens with zero attached hydrogens (tertiary/aromatic N) is 3. The summed E-state index contributed by atoms with van der Waals surface area (Å²) >= 11 is 11.2. The van der Waals surface area contributed by atoms with Gasteiger partial charge in [0.15, 0.2) is 0 Å². The van der Waals surface area contributed by atoms with Crippen LogP contribution in [0.5, 0.6) is 0 Å². The van der Waals surface area contributed by atoms with Gasteiger partial charge in [0.05, 0.1) is 22.1 Å². The average Bonchev–Trinajstić information content (AvgIpc) is 1.55. The first-order valence-corrected chi connectivity index (χ1v) is 47.6. The molecule has 0 saturated heterocycles. The Morgan fingerprint density at radius 1 is 0.209 bits per heavy atom. The second-order valence-corrected chi connectivity index (χ2v) is 37.9. The maximum Gasteiger partial charge on any atom is 0.0634 e. The fraction of sp³-hybridized carbons (Fsp3) is 0. The quantitative estimate of drug-likeness (QED) is 0.124. The molecule has 6 heterocycles. The predicted octanol–water partition coefficient (Wildman–Crippen LogP) is 36.7. The van der Waals surface area contributed by atoms with Gasteiger partial charge in [-0.3, -0.25) is 0 Å². The molecule has 0 spiro atoms. The largest absolute Gasteiger partial charge is 0.356 e. The summed E-state index contributed by atoms with van der Waals surface area (Å²) in [5, 5.41) is 19.1. The Morgan fingerprint density at radius 2 is 0.488 bits per heavy atom. The Bertz CT molecular complexity index is 8550. The lowest BCUT2D eigenvalue weighted by atomic mass is 9.98. The molecule has 6 aromatic heterocycles. The first kappa shape index (κ1) is 77.5. The van der Waals surface area contributed by atoms with Crippen LogP contribution < -0.4 is 10.2 Å². The maximum atomic E-state index is 3.63. The third-order valence-corrected chi connectivity index (χ3v) is 30.4. The van der Waals surface area contributed by atoms with Gasteiger partial charge >= 0.3 is 0 Å². The van der Waals surface area contributed by atoms with Gasteiger partial charge in [0.2, 0.25) is 0 Å². The molecule has 1 N–H and O–H groups in total. The summed E-state index contributed by atoms with van der Waals surface area (Å²) in [7, 11) is 0. The van der Waals surface area contributed by atoms with Crippen LogP contribution in [0, 0.1) is 0 Å². The Morgan fingerprint density at radius 3 is 0.853 bits per heavy atom. The highest BCUT2D eigenvalue weighted by molar-refractivity contribution is 9.10. The highest BCUT2D eigenvalue weighted by Gasteiger charge is 2.26. The van der Waals surface area contributed by atoms with E-state index in [0.29, 0.717) is 0 Å². The molecule has 0 amide bonds. The molecule has 0 unspecified atom stereocenters. The molecule has 26 rings (SSSR count). The molecule has 0 saturated carbocycles. The van der Waals surface area contributed by atoms with Crippen LogP contribution in [0.15, 0.2) is 466 Å². The molecule has 0 radical (unpaired) electrons. The van der Waals surface area contributed by atoms with Gasteiger partial charge in [-0.25, -0.2) is 0 Å². The van der Waals surface area contributed by atoms with Crippen molar-refractivity contribution in [2.45, 2.75) is 0 Å². The topological polar surface area (TPSA) is 25.1 Å². The second-order valence-electron chi connectivity index (χ2n) is 32.7. The first-order valence-electron chi connectivity index (χ1n) is 43.5. The summed E-state index contributed by atoms with van der Waals surface area (Å²) in [5.41, 5.74) is 27.6. The molecule has 0 fully saturated rings. The van der Waals surface area contributed by atoms with Gasteiger partial charge in [-0.1, -0.05) is 319 Å². The number of para-hydroxylation sites is 2. The lowest BCUT2D eigenvalue weighted by molar-refractivity contribution is 1.19. The molecule has 9 heteroatoms. The van der Waals surface area contributed by atoms with Gasteiger partial charge in [-0.2, -0.15) is 0 Å². The van der Waals surface area contributed by atoms with E-state index in [0.717, 1.165) is 32.9 Å². The van der Waals surface area contributed by atoms with Crippen molar-refractivity contribution >= 4 is 214 Å². The van der Waals surface area contributed by atoms with Gasteiger partial charge in [-0.05, 0) is 213 Å². The minimum absolute atomic E-state index is 1.09. The van der Waals surface area contributed by atoms with Gasteiger partial charge in [0, 0.05) is 158 Å². The van der Waals surface area contributed by atoms with Gasteiger partial charge in [-0.15, -0.1) is 45.3 Å². The van der Waals surface area contributed by atoms with Crippen molar-refractivity contribution in [2.75, 3.05) is 10.2 Å². The number of rotatable bonds is 13. The van der Waals surface area contributed by atoms with Gasteiger partial charge in [0.25, 0.3) is 0 Å². The Kier molecular flexibility index (Phi) is 19.9. The minimum atomic E-state index is 1.09. The van der Waals surface area contributed by atoms with Crippen molar-refractivity contribution in [1.82, 2.24) is 9.13 Å². The monoisotopic (exact) mass is 1780 g/mol. The van der Waals surface area contributed by atoms with Crippen LogP contribution >= 0.6 is 61.3 Å². The third kappa shape index (κ3) is 14.2. The normalized spacial score (nSPS) is 11.6. The Balaban J connectivity index is 0.000000120. The maximum absolute atomic E-state index is 3.63. The number of hydrogen-bond donors (Lipinski definition) is 1. The summed E-state index contributed by atoms with van der Waals surface area (Å²) < 4.78 is 16.7. The van der Waals surface area contributed by atoms with Crippen molar-refractivity contribution in [3.8, 4) is 78.1 Å². The fourth-order valence-corrected chi connectivity index (χ4v) is 23.9. The van der Waals surface area contributed by atoms with E-state index in [4.69, 9.17) is 0 Å². The molecule has 0 aliphatic rings. The third-order valence-electron chi connectivity index (χ3n) is 25.1. The second kappa shape index (κ2) is 33.1. The van der Waals surface area contributed by atoms with Crippen LogP contribution in [-0.4, -0.2) is 9.13 Å². The summed E-state index contributed by atoms with van der Waals surface area (Å²) in [6, 6.07) is 167. The number of aromatic nitrogens is 2. The smallest absolute Gasteiger partial charge is 0.0634 e. The van der Waals surface area contributed by atoms with Crippen LogP contribution in [0.1, 0.15) is 0 Å². The molecule has 26 aromatic rings. The fourth-order valence-electron chi connectivity index (χ4n) is 19.0. The van der Waals surface area contributed by atoms with E-state index in [-0.39, 0.29) is 0 Å². The predicted molar refractivity (Wildman–Crippen MR) is 564 cm³/mol. The lowest BCUT2D eigenvalue weighted by Gasteiger charge is -2.26. The van der Waals surface area contributed by atoms with E-state index in [1.54, 1.807) is 0 Å². The number of halogens is 1. The van der Waals surface area contributed by atoms with Crippen molar-refractivity contribution in [3.63, 3.8) is 0 Å². The molecule has 4 nitrogen and oxygen atoms in total. The zero-order chi connectivity index (χ0) is 85.4. The van der Waals surface area contributed by atoms with E-state index in [1.165, 1.54) is 202 Å². The summed E-state index contributed by atoms with van der Waals surface area (Å²) in [4.78, 5) is 2.37. The number of thiophene rings is 4. The molecule has 0 atom stereocenters. The summed E-state index contributed by atoms with van der Waals surface area (Å²) in [5.74, 6) is 0. The molecular weight excluding hydrogens is 1710 g/mol. The minimum Gasteiger partial charge on any atom is -0.356 e. The number of anilines is 5. The zero-order valence-corrected chi connectivity index (χ0v) is 74.6. The van der Waals surface area contributed by atoms with E-state index >= 15 is 0 Å². The Hall–Kier alpha value is -15.0. The summed E-state index contributed by atoms with van der Waals surface area (Å²) in [6.07, 6.45) is 0. The van der Waals surface area contributed by atoms with E-state index < -0.39 is 0 Å². The number of nitrogens with one attached hydrogen (secondary N) is 1. The number of benzene rings is 20. The van der Waals surface area contributed by atoms with Crippen LogP contribution in [0.4, 0.5) is 28.4 Å².